The molecule has 0 amide bonds. The molecule has 0 unspecified atom stereocenters. The van der Waals surface area contributed by atoms with E-state index in [1.165, 1.54) is 0 Å². The molecular formula is C12H14ClNO2. The number of ether oxygens (including phenoxy) is 2. The molecular weight excluding hydrogens is 226 g/mol. The molecule has 0 aromatic heterocycles. The van der Waals surface area contributed by atoms with Gasteiger partial charge >= 0.3 is 0 Å². The van der Waals surface area contributed by atoms with Crippen molar-refractivity contribution in [2.75, 3.05) is 6.79 Å². The van der Waals surface area contributed by atoms with Crippen LogP contribution in [0.1, 0.15) is 30.9 Å². The standard InChI is InChI=1S/C12H14ClNO2/c1-2-7-8(12(14)3-4-12)5-9(13)11-10(7)15-6-16-11/h5H,2-4,6,14H2,1H3. The molecule has 16 heavy (non-hydrogen) atoms. The summed E-state index contributed by atoms with van der Waals surface area (Å²) in [6.07, 6.45) is 2.93. The fourth-order valence-corrected chi connectivity index (χ4v) is 2.53. The number of fused-ring (bicyclic) bond motifs is 1. The maximum atomic E-state index is 6.25. The first-order valence-electron chi connectivity index (χ1n) is 5.56. The fourth-order valence-electron chi connectivity index (χ4n) is 2.28. The molecule has 1 aromatic carbocycles. The van der Waals surface area contributed by atoms with E-state index in [2.05, 4.69) is 6.92 Å². The largest absolute Gasteiger partial charge is 0.453 e. The zero-order valence-electron chi connectivity index (χ0n) is 9.18. The number of halogens is 1. The van der Waals surface area contributed by atoms with E-state index in [9.17, 15) is 0 Å². The third-order valence-electron chi connectivity index (χ3n) is 3.38. The van der Waals surface area contributed by atoms with Crippen molar-refractivity contribution in [1.29, 1.82) is 0 Å². The minimum atomic E-state index is -0.185. The van der Waals surface area contributed by atoms with E-state index in [4.69, 9.17) is 26.8 Å². The van der Waals surface area contributed by atoms with Gasteiger partial charge in [0.25, 0.3) is 0 Å². The third kappa shape index (κ3) is 1.31. The molecule has 0 bridgehead atoms. The third-order valence-corrected chi connectivity index (χ3v) is 3.66. The lowest BCUT2D eigenvalue weighted by Gasteiger charge is -2.17. The van der Waals surface area contributed by atoms with Gasteiger partial charge in [-0.3, -0.25) is 0 Å². The summed E-state index contributed by atoms with van der Waals surface area (Å²) in [6.45, 7) is 2.35. The van der Waals surface area contributed by atoms with Crippen molar-refractivity contribution in [3.8, 4) is 11.5 Å². The maximum Gasteiger partial charge on any atom is 0.231 e. The molecule has 1 heterocycles. The number of hydrogen-bond donors (Lipinski definition) is 1. The summed E-state index contributed by atoms with van der Waals surface area (Å²) in [5.41, 5.74) is 8.35. The lowest BCUT2D eigenvalue weighted by molar-refractivity contribution is 0.173. The van der Waals surface area contributed by atoms with Crippen LogP contribution in [-0.4, -0.2) is 6.79 Å². The molecule has 4 heteroatoms. The van der Waals surface area contributed by atoms with E-state index >= 15 is 0 Å². The van der Waals surface area contributed by atoms with E-state index in [1.54, 1.807) is 0 Å². The first-order chi connectivity index (χ1) is 7.65. The Morgan fingerprint density at radius 2 is 2.06 bits per heavy atom. The van der Waals surface area contributed by atoms with Gasteiger partial charge in [-0.1, -0.05) is 18.5 Å². The normalized spacial score (nSPS) is 19.9. The summed E-state index contributed by atoms with van der Waals surface area (Å²) in [5.74, 6) is 1.47. The Kier molecular flexibility index (Phi) is 2.10. The van der Waals surface area contributed by atoms with Gasteiger partial charge in [-0.15, -0.1) is 0 Å². The number of rotatable bonds is 2. The second-order valence-electron chi connectivity index (χ2n) is 4.46. The second-order valence-corrected chi connectivity index (χ2v) is 4.87. The Bertz CT molecular complexity index is 455. The molecule has 1 aliphatic heterocycles. The Balaban J connectivity index is 2.22. The van der Waals surface area contributed by atoms with Crippen LogP contribution < -0.4 is 15.2 Å². The van der Waals surface area contributed by atoms with E-state index < -0.39 is 0 Å². The van der Waals surface area contributed by atoms with Gasteiger partial charge in [0.1, 0.15) is 0 Å². The van der Waals surface area contributed by atoms with E-state index in [0.717, 1.165) is 36.1 Å². The molecule has 3 nitrogen and oxygen atoms in total. The Morgan fingerprint density at radius 1 is 1.38 bits per heavy atom. The first kappa shape index (κ1) is 10.2. The van der Waals surface area contributed by atoms with Crippen molar-refractivity contribution in [3.63, 3.8) is 0 Å². The van der Waals surface area contributed by atoms with Crippen molar-refractivity contribution in [2.24, 2.45) is 5.73 Å². The van der Waals surface area contributed by atoms with Gasteiger partial charge in [-0.25, -0.2) is 0 Å². The van der Waals surface area contributed by atoms with E-state index in [-0.39, 0.29) is 12.3 Å². The number of benzene rings is 1. The zero-order valence-corrected chi connectivity index (χ0v) is 9.93. The molecule has 1 fully saturated rings. The average Bonchev–Trinajstić information content (AvgIpc) is 2.82. The molecule has 1 saturated carbocycles. The van der Waals surface area contributed by atoms with Gasteiger partial charge in [-0.2, -0.15) is 0 Å². The van der Waals surface area contributed by atoms with Crippen LogP contribution in [0.25, 0.3) is 0 Å². The molecule has 1 aromatic rings. The van der Waals surface area contributed by atoms with Crippen LogP contribution in [-0.2, 0) is 12.0 Å². The van der Waals surface area contributed by atoms with Gasteiger partial charge in [-0.05, 0) is 30.9 Å². The van der Waals surface area contributed by atoms with Crippen LogP contribution in [0.4, 0.5) is 0 Å². The summed E-state index contributed by atoms with van der Waals surface area (Å²) < 4.78 is 10.9. The second kappa shape index (κ2) is 3.28. The highest BCUT2D eigenvalue weighted by molar-refractivity contribution is 6.32. The van der Waals surface area contributed by atoms with Gasteiger partial charge in [0.15, 0.2) is 11.5 Å². The number of nitrogens with two attached hydrogens (primary N) is 1. The lowest BCUT2D eigenvalue weighted by Crippen LogP contribution is -2.20. The Labute approximate surface area is 99.5 Å². The maximum absolute atomic E-state index is 6.25. The molecule has 1 aliphatic carbocycles. The molecule has 0 radical (unpaired) electrons. The zero-order chi connectivity index (χ0) is 11.3. The molecule has 2 aliphatic rings. The summed E-state index contributed by atoms with van der Waals surface area (Å²) >= 11 is 6.18. The smallest absolute Gasteiger partial charge is 0.231 e. The van der Waals surface area contributed by atoms with Gasteiger partial charge in [0, 0.05) is 11.1 Å². The quantitative estimate of drug-likeness (QED) is 0.863. The van der Waals surface area contributed by atoms with Crippen LogP contribution in [0.5, 0.6) is 11.5 Å². The Hall–Kier alpha value is -0.930. The predicted octanol–water partition coefficient (Wildman–Crippen LogP) is 2.58. The van der Waals surface area contributed by atoms with Crippen molar-refractivity contribution in [3.05, 3.63) is 22.2 Å². The van der Waals surface area contributed by atoms with Crippen LogP contribution >= 0.6 is 11.6 Å². The van der Waals surface area contributed by atoms with Gasteiger partial charge < -0.3 is 15.2 Å². The lowest BCUT2D eigenvalue weighted by atomic mass is 9.96. The van der Waals surface area contributed by atoms with Crippen molar-refractivity contribution >= 4 is 11.6 Å². The van der Waals surface area contributed by atoms with Crippen molar-refractivity contribution < 1.29 is 9.47 Å². The molecule has 3 rings (SSSR count). The van der Waals surface area contributed by atoms with Crippen LogP contribution in [0.15, 0.2) is 6.07 Å². The summed E-state index contributed by atoms with van der Waals surface area (Å²) in [6, 6.07) is 1.95. The minimum absolute atomic E-state index is 0.185. The first-order valence-corrected chi connectivity index (χ1v) is 5.94. The van der Waals surface area contributed by atoms with Crippen LogP contribution in [0, 0.1) is 0 Å². The minimum Gasteiger partial charge on any atom is -0.453 e. The SMILES string of the molecule is CCc1c(C2(N)CC2)cc(Cl)c2c1OCO2. The topological polar surface area (TPSA) is 44.5 Å². The summed E-state index contributed by atoms with van der Waals surface area (Å²) in [7, 11) is 0. The molecule has 86 valence electrons. The summed E-state index contributed by atoms with van der Waals surface area (Å²) in [5, 5.41) is 0.608. The van der Waals surface area contributed by atoms with E-state index in [1.807, 2.05) is 6.07 Å². The fraction of sp³-hybridized carbons (Fsp3) is 0.500. The van der Waals surface area contributed by atoms with Crippen LogP contribution in [0.2, 0.25) is 5.02 Å². The number of hydrogen-bond acceptors (Lipinski definition) is 3. The highest BCUT2D eigenvalue weighted by Crippen LogP contribution is 2.51. The Morgan fingerprint density at radius 3 is 2.69 bits per heavy atom. The van der Waals surface area contributed by atoms with Crippen molar-refractivity contribution in [1.82, 2.24) is 0 Å². The van der Waals surface area contributed by atoms with Crippen LogP contribution in [0.3, 0.4) is 0 Å². The highest BCUT2D eigenvalue weighted by Gasteiger charge is 2.43. The predicted molar refractivity (Wildman–Crippen MR) is 62.1 cm³/mol. The van der Waals surface area contributed by atoms with Gasteiger partial charge in [0.05, 0.1) is 5.02 Å². The van der Waals surface area contributed by atoms with Crippen molar-refractivity contribution in [2.45, 2.75) is 31.7 Å². The monoisotopic (exact) mass is 239 g/mol. The van der Waals surface area contributed by atoms with E-state index in [0.29, 0.717) is 10.8 Å². The van der Waals surface area contributed by atoms with Gasteiger partial charge in [0.2, 0.25) is 6.79 Å². The average molecular weight is 240 g/mol. The molecule has 2 N–H and O–H groups in total. The molecule has 0 atom stereocenters. The molecule has 0 spiro atoms. The highest BCUT2D eigenvalue weighted by atomic mass is 35.5. The molecule has 0 saturated heterocycles. The summed E-state index contributed by atoms with van der Waals surface area (Å²) in [4.78, 5) is 0.